The number of fused-ring (bicyclic) bond motifs is 1. The van der Waals surface area contributed by atoms with E-state index in [9.17, 15) is 87.9 Å². The number of aromatic nitrogens is 1. The third-order valence-corrected chi connectivity index (χ3v) is 25.3. The van der Waals surface area contributed by atoms with E-state index in [0.29, 0.717) is 97.5 Å². The van der Waals surface area contributed by atoms with Gasteiger partial charge in [0.15, 0.2) is 0 Å². The summed E-state index contributed by atoms with van der Waals surface area (Å²) >= 11 is 0. The second kappa shape index (κ2) is 63.2. The predicted octanol–water partition coefficient (Wildman–Crippen LogP) is 0.678. The van der Waals surface area contributed by atoms with Gasteiger partial charge < -0.3 is 133 Å². The van der Waals surface area contributed by atoms with Crippen molar-refractivity contribution in [3.05, 3.63) is 150 Å². The Morgan fingerprint density at radius 1 is 0.480 bits per heavy atom. The summed E-state index contributed by atoms with van der Waals surface area (Å²) in [6.07, 6.45) is 2.58. The van der Waals surface area contributed by atoms with Crippen LogP contribution in [0.5, 0.6) is 5.75 Å². The molecule has 0 spiro atoms. The molecule has 0 fully saturated rings. The lowest BCUT2D eigenvalue weighted by molar-refractivity contribution is -0.140. The van der Waals surface area contributed by atoms with E-state index in [0.717, 1.165) is 0 Å². The van der Waals surface area contributed by atoms with Crippen LogP contribution < -0.4 is 102 Å². The SMILES string of the molecule is CC(=O)NC(CCCCN)C(=O)NCCCCCC(=O)N[C@H](C(=O)N[C@@H](CO)C(=O)N[C@@H](Cc1ccccc1)C(=O)N[C@@]1(C)CCCCCC/C=C/CCC[C@@](C)(C(=O)N[C@@H](CCC(=O)O)C(=O)N[C@@H](CC(N)=O)C(=O)N[C@@H](Cc2ccccc2)C(N)=O)NC(=O)[C@H](CC(C)C)NC(=O)[C@H](CC(C)C)NC(=O)[C@H](C)NC(=O)[C@H](Cc2c[nH]c3ccccc23)NC(=O)[C@H](Cc2ccc(O)cc2)NC(=O)[C@H](CCC(=O)O)NC1=O)[C@@H](C)O. The number of aromatic hydroxyl groups is 1. The van der Waals surface area contributed by atoms with E-state index in [1.165, 1.54) is 58.9 Å². The Labute approximate surface area is 872 Å². The Hall–Kier alpha value is -14.8. The van der Waals surface area contributed by atoms with Gasteiger partial charge >= 0.3 is 11.9 Å². The fraction of sp³-hybridized carbons (Fsp3) is 0.543. The molecule has 5 aromatic rings. The van der Waals surface area contributed by atoms with Crippen molar-refractivity contribution in [1.82, 2.24) is 90.1 Å². The number of para-hydroxylation sites is 1. The molecule has 16 atom stereocenters. The van der Waals surface area contributed by atoms with E-state index in [-0.39, 0.29) is 113 Å². The number of aromatic amines is 1. The van der Waals surface area contributed by atoms with Crippen molar-refractivity contribution in [1.29, 1.82) is 0 Å². The van der Waals surface area contributed by atoms with Crippen LogP contribution in [-0.2, 0) is 122 Å². The minimum absolute atomic E-state index is 0.0805. The molecule has 0 bridgehead atoms. The van der Waals surface area contributed by atoms with Crippen molar-refractivity contribution in [2.24, 2.45) is 29.0 Å². The normalized spacial score (nSPS) is 20.6. The van der Waals surface area contributed by atoms with Gasteiger partial charge in [0.1, 0.15) is 95.4 Å². The summed E-state index contributed by atoms with van der Waals surface area (Å²) in [5.41, 5.74) is 15.0. The van der Waals surface area contributed by atoms with Crippen molar-refractivity contribution in [2.75, 3.05) is 19.7 Å². The van der Waals surface area contributed by atoms with Crippen molar-refractivity contribution >= 4 is 129 Å². The fourth-order valence-electron chi connectivity index (χ4n) is 16.9. The highest BCUT2D eigenvalue weighted by Gasteiger charge is 2.44. The Morgan fingerprint density at radius 2 is 1.01 bits per heavy atom. The smallest absolute Gasteiger partial charge is 0.303 e. The summed E-state index contributed by atoms with van der Waals surface area (Å²) in [5, 5.41) is 94.8. The molecule has 45 heteroatoms. The summed E-state index contributed by atoms with van der Waals surface area (Å²) in [5.74, 6) is -21.2. The van der Waals surface area contributed by atoms with Crippen molar-refractivity contribution in [3.8, 4) is 5.75 Å². The number of aliphatic hydroxyl groups is 2. The molecular weight excluding hydrogens is 1940 g/mol. The van der Waals surface area contributed by atoms with Gasteiger partial charge in [0.2, 0.25) is 106 Å². The van der Waals surface area contributed by atoms with Gasteiger partial charge in [0.25, 0.3) is 0 Å². The molecule has 2 heterocycles. The van der Waals surface area contributed by atoms with Crippen LogP contribution in [-0.4, -0.2) is 264 Å². The molecule has 1 aliphatic rings. The average Bonchev–Trinajstić information content (AvgIpc) is 0.836. The summed E-state index contributed by atoms with van der Waals surface area (Å²) in [6, 6.07) is 7.96. The molecule has 28 N–H and O–H groups in total. The summed E-state index contributed by atoms with van der Waals surface area (Å²) in [4.78, 5) is 286. The highest BCUT2D eigenvalue weighted by molar-refractivity contribution is 6.03. The molecule has 0 saturated heterocycles. The molecule has 1 unspecified atom stereocenters. The first-order valence-corrected chi connectivity index (χ1v) is 51.0. The lowest BCUT2D eigenvalue weighted by atomic mass is 9.91. The van der Waals surface area contributed by atoms with Crippen LogP contribution >= 0.6 is 0 Å². The second-order valence-electron chi connectivity index (χ2n) is 39.3. The number of carboxylic acids is 2. The largest absolute Gasteiger partial charge is 0.508 e. The number of hydrogen-bond acceptors (Lipinski definition) is 24. The predicted molar refractivity (Wildman–Crippen MR) is 553 cm³/mol. The first kappa shape index (κ1) is 124. The quantitative estimate of drug-likeness (QED) is 0.0188. The zero-order valence-electron chi connectivity index (χ0n) is 86.7. The van der Waals surface area contributed by atoms with Crippen molar-refractivity contribution < 1.29 is 121 Å². The number of phenolic OH excluding ortho intramolecular Hbond substituents is 1. The number of carbonyl (C=O) groups excluding carboxylic acids is 18. The van der Waals surface area contributed by atoms with Gasteiger partial charge in [0.05, 0.1) is 19.1 Å². The number of unbranched alkanes of at least 4 members (excludes halogenated alkanes) is 3. The maximum absolute atomic E-state index is 15.7. The highest BCUT2D eigenvalue weighted by Crippen LogP contribution is 2.26. The average molecular weight is 2090 g/mol. The van der Waals surface area contributed by atoms with Gasteiger partial charge in [-0.2, -0.15) is 0 Å². The van der Waals surface area contributed by atoms with Gasteiger partial charge in [-0.1, -0.05) is 157 Å². The number of aliphatic hydroxyl groups excluding tert-OH is 2. The van der Waals surface area contributed by atoms with Crippen LogP contribution in [0.4, 0.5) is 0 Å². The number of carbonyl (C=O) groups is 20. The lowest BCUT2D eigenvalue weighted by Crippen LogP contribution is -2.65. The number of rotatable bonds is 48. The number of phenols is 1. The monoisotopic (exact) mass is 2090 g/mol. The maximum Gasteiger partial charge on any atom is 0.303 e. The van der Waals surface area contributed by atoms with Gasteiger partial charge in [-0.05, 0) is 183 Å². The Kier molecular flexibility index (Phi) is 52.2. The van der Waals surface area contributed by atoms with Crippen LogP contribution in [0.25, 0.3) is 10.9 Å². The Morgan fingerprint density at radius 3 is 1.61 bits per heavy atom. The topological polar surface area (TPSA) is 729 Å². The van der Waals surface area contributed by atoms with E-state index in [2.05, 4.69) is 90.1 Å². The molecule has 4 aromatic carbocycles. The van der Waals surface area contributed by atoms with Crippen molar-refractivity contribution in [2.45, 2.75) is 331 Å². The zero-order chi connectivity index (χ0) is 111. The third-order valence-electron chi connectivity index (χ3n) is 25.3. The van der Waals surface area contributed by atoms with E-state index in [4.69, 9.17) is 17.2 Å². The van der Waals surface area contributed by atoms with Gasteiger partial charge in [-0.25, -0.2) is 0 Å². The fourth-order valence-corrected chi connectivity index (χ4v) is 16.9. The number of aliphatic carboxylic acids is 2. The molecule has 6 rings (SSSR count). The molecule has 0 radical (unpaired) electrons. The molecule has 822 valence electrons. The number of nitrogens with two attached hydrogens (primary N) is 3. The van der Waals surface area contributed by atoms with Gasteiger partial charge in [0, 0.05) is 75.5 Å². The lowest BCUT2D eigenvalue weighted by Gasteiger charge is -2.34. The summed E-state index contributed by atoms with van der Waals surface area (Å²) < 4.78 is 0. The molecule has 1 aliphatic heterocycles. The van der Waals surface area contributed by atoms with Crippen LogP contribution in [0.3, 0.4) is 0 Å². The number of benzene rings is 4. The Bertz CT molecular complexity index is 5410. The molecule has 18 amide bonds. The number of carboxylic acid groups (broad SMARTS) is 2. The number of hydrogen-bond donors (Lipinski definition) is 25. The van der Waals surface area contributed by atoms with Gasteiger partial charge in [-0.3, -0.25) is 95.9 Å². The van der Waals surface area contributed by atoms with Crippen molar-refractivity contribution in [3.63, 3.8) is 0 Å². The zero-order valence-corrected chi connectivity index (χ0v) is 86.7. The van der Waals surface area contributed by atoms with E-state index < -0.39 is 247 Å². The molecule has 1 aromatic heterocycles. The molecule has 150 heavy (non-hydrogen) atoms. The molecule has 45 nitrogen and oxygen atoms in total. The van der Waals surface area contributed by atoms with Gasteiger partial charge in [-0.15, -0.1) is 0 Å². The van der Waals surface area contributed by atoms with E-state index in [1.807, 2.05) is 6.08 Å². The van der Waals surface area contributed by atoms with Crippen LogP contribution in [0.2, 0.25) is 0 Å². The number of nitrogens with one attached hydrogen (secondary N) is 17. The molecule has 0 saturated carbocycles. The third kappa shape index (κ3) is 43.6. The maximum atomic E-state index is 15.7. The number of allylic oxidation sites excluding steroid dienone is 2. The number of primary amides is 2. The van der Waals surface area contributed by atoms with Crippen LogP contribution in [0.15, 0.2) is 128 Å². The first-order valence-electron chi connectivity index (χ1n) is 51.0. The molecular formula is C105H152N20O25. The van der Waals surface area contributed by atoms with E-state index in [1.54, 1.807) is 125 Å². The van der Waals surface area contributed by atoms with E-state index >= 15 is 33.6 Å². The standard InChI is InChI=1S/C105H152N20O25/c1-61(2)52-77-95(142)115-78(53-62(3)4)99(146)124-104(8,102(149)122-75(45-47-87(134)135)93(140)119-82(58-84(107)130)97(144)113-76(89(108)136)54-66-32-20-17-21-33-66)48-28-15-13-11-10-12-14-16-29-49-105(9,125-100(147)80(55-67-34-22-18-23-35-67)117-98(145)83(60-126)120-101(148)88(64(6)127)123-85(131)39-24-19-31-51-109-91(138)73(112-65(7)128)38-27-30-50-106)103(150)121-74(44-46-86(132)133)92(139)116-79(56-68-40-42-70(129)43-41-68)96(143)118-81(94(141)111-63(5)90(137)114-77)57-69-59-110-72-37-26-25-36-71(69)72/h11,13,17-18,20-23,25-26,32-37,40-43,59,61-64,73-83,88,110,126-127,129H,10,12,14-16,19,24,27-31,38-39,44-58,60,106H2,1-9H3,(H2,107,130)(H2,108,136)(H,109,138)(H,111,141)(H,112,128)(H,113,144)(H,114,137)(H,115,142)(H,116,139)(H,117,145)(H,118,143)(H,119,140)(H,120,148)(H,121,150)(H,122,149)(H,123,131)(H,124,146)(H,125,147)(H,132,133)(H,134,135)/b13-11+/t63-,64+,73?,74-,75-,76-,77-,78-,79-,80-,81-,82-,83-,88-,104-,105-/m0/s1. The second-order valence-corrected chi connectivity index (χ2v) is 39.3. The van der Waals surface area contributed by atoms with Crippen LogP contribution in [0.1, 0.15) is 232 Å². The minimum Gasteiger partial charge on any atom is -0.508 e. The minimum atomic E-state index is -2.15. The summed E-state index contributed by atoms with van der Waals surface area (Å²) in [6.45, 7) is 12.8. The number of amides is 18. The summed E-state index contributed by atoms with van der Waals surface area (Å²) in [7, 11) is 0. The van der Waals surface area contributed by atoms with Crippen LogP contribution in [0, 0.1) is 11.8 Å². The number of H-pyrrole nitrogens is 1. The molecule has 0 aliphatic carbocycles. The first-order chi connectivity index (χ1) is 71.1. The Balaban J connectivity index is 1.40. The highest BCUT2D eigenvalue weighted by atomic mass is 16.4.